The average Bonchev–Trinajstić information content (AvgIpc) is 2.87. The van der Waals surface area contributed by atoms with Gasteiger partial charge in [0.2, 0.25) is 11.6 Å². The lowest BCUT2D eigenvalue weighted by atomic mass is 9.77. The van der Waals surface area contributed by atoms with Crippen LogP contribution in [0.5, 0.6) is 17.2 Å². The lowest BCUT2D eigenvalue weighted by Gasteiger charge is -2.30. The van der Waals surface area contributed by atoms with Gasteiger partial charge in [0.25, 0.3) is 0 Å². The van der Waals surface area contributed by atoms with E-state index in [4.69, 9.17) is 24.0 Å². The van der Waals surface area contributed by atoms with Gasteiger partial charge in [-0.1, -0.05) is 24.3 Å². The maximum absolute atomic E-state index is 14.1. The second-order valence-electron chi connectivity index (χ2n) is 8.11. The van der Waals surface area contributed by atoms with Gasteiger partial charge >= 0.3 is 5.63 Å². The Labute approximate surface area is 203 Å². The van der Waals surface area contributed by atoms with Crippen LogP contribution in [-0.2, 0) is 6.61 Å². The van der Waals surface area contributed by atoms with Gasteiger partial charge in [-0.15, -0.1) is 0 Å². The molecule has 0 saturated carbocycles. The predicted molar refractivity (Wildman–Crippen MR) is 125 cm³/mol. The molecular weight excluding hydrogens is 470 g/mol. The third kappa shape index (κ3) is 3.92. The standard InChI is InChI=1S/C27H18F2N2O5/c1-33-20-8-6-14(10-15(20)13-34-22-9-7-16(28)11-19(22)29)23-18(12-30)26(31)36-25-24(23)17-4-2-3-5-21(17)35-27(25)32/h2-11,18,23,31H,13H2,1H3. The molecule has 0 spiro atoms. The summed E-state index contributed by atoms with van der Waals surface area (Å²) in [4.78, 5) is 12.7. The summed E-state index contributed by atoms with van der Waals surface area (Å²) in [6.45, 7) is -0.123. The minimum Gasteiger partial charge on any atom is -0.496 e. The molecule has 0 bridgehead atoms. The van der Waals surface area contributed by atoms with E-state index in [-0.39, 0.29) is 24.0 Å². The van der Waals surface area contributed by atoms with Gasteiger partial charge in [0.05, 0.1) is 13.2 Å². The maximum atomic E-state index is 14.1. The molecule has 0 fully saturated rings. The van der Waals surface area contributed by atoms with E-state index >= 15 is 0 Å². The van der Waals surface area contributed by atoms with Gasteiger partial charge in [-0.05, 0) is 35.9 Å². The molecule has 36 heavy (non-hydrogen) atoms. The second kappa shape index (κ2) is 9.15. The number of methoxy groups -OCH3 is 1. The first-order valence-electron chi connectivity index (χ1n) is 10.9. The summed E-state index contributed by atoms with van der Waals surface area (Å²) in [6, 6.07) is 17.1. The number of fused-ring (bicyclic) bond motifs is 3. The molecular formula is C27H18F2N2O5. The lowest BCUT2D eigenvalue weighted by Crippen LogP contribution is -2.33. The summed E-state index contributed by atoms with van der Waals surface area (Å²) in [5.74, 6) is -3.56. The van der Waals surface area contributed by atoms with Crippen LogP contribution >= 0.6 is 0 Å². The van der Waals surface area contributed by atoms with Gasteiger partial charge in [0.15, 0.2) is 11.6 Å². The first-order valence-corrected chi connectivity index (χ1v) is 10.9. The minimum atomic E-state index is -1.03. The van der Waals surface area contributed by atoms with Crippen LogP contribution in [0.1, 0.15) is 22.6 Å². The van der Waals surface area contributed by atoms with Crippen molar-refractivity contribution in [1.82, 2.24) is 0 Å². The molecule has 0 amide bonds. The van der Waals surface area contributed by atoms with Crippen molar-refractivity contribution in [3.8, 4) is 23.3 Å². The maximum Gasteiger partial charge on any atom is 0.380 e. The van der Waals surface area contributed by atoms with Crippen molar-refractivity contribution in [1.29, 1.82) is 10.7 Å². The van der Waals surface area contributed by atoms with Crippen LogP contribution in [0.2, 0.25) is 0 Å². The lowest BCUT2D eigenvalue weighted by molar-refractivity contribution is 0.281. The fourth-order valence-electron chi connectivity index (χ4n) is 4.40. The van der Waals surface area contributed by atoms with Crippen molar-refractivity contribution < 1.29 is 27.4 Å². The van der Waals surface area contributed by atoms with Crippen LogP contribution in [0.15, 0.2) is 69.9 Å². The number of benzene rings is 3. The zero-order valence-corrected chi connectivity index (χ0v) is 18.9. The van der Waals surface area contributed by atoms with Gasteiger partial charge < -0.3 is 18.6 Å². The van der Waals surface area contributed by atoms with Gasteiger partial charge in [-0.3, -0.25) is 5.41 Å². The fourth-order valence-corrected chi connectivity index (χ4v) is 4.40. The summed E-state index contributed by atoms with van der Waals surface area (Å²) < 4.78 is 49.2. The molecule has 1 aliphatic rings. The highest BCUT2D eigenvalue weighted by atomic mass is 19.1. The van der Waals surface area contributed by atoms with Gasteiger partial charge in [0, 0.05) is 28.5 Å². The SMILES string of the molecule is COc1ccc(C2c3c(c(=O)oc4ccccc34)OC(=N)C2C#N)cc1COc1ccc(F)cc1F. The second-order valence-corrected chi connectivity index (χ2v) is 8.11. The van der Waals surface area contributed by atoms with E-state index in [0.29, 0.717) is 33.4 Å². The molecule has 0 radical (unpaired) electrons. The zero-order valence-electron chi connectivity index (χ0n) is 18.9. The molecule has 7 nitrogen and oxygen atoms in total. The molecule has 2 atom stereocenters. The molecule has 4 aromatic rings. The first-order chi connectivity index (χ1) is 17.4. The van der Waals surface area contributed by atoms with Gasteiger partial charge in [-0.2, -0.15) is 5.26 Å². The number of hydrogen-bond donors (Lipinski definition) is 1. The highest BCUT2D eigenvalue weighted by Crippen LogP contribution is 2.44. The summed E-state index contributed by atoms with van der Waals surface area (Å²) in [6.07, 6.45) is 0. The number of rotatable bonds is 5. The summed E-state index contributed by atoms with van der Waals surface area (Å²) >= 11 is 0. The van der Waals surface area contributed by atoms with Crippen LogP contribution in [-0.4, -0.2) is 13.0 Å². The number of nitrogens with zero attached hydrogens (tertiary/aromatic N) is 1. The van der Waals surface area contributed by atoms with Crippen LogP contribution in [0, 0.1) is 34.3 Å². The van der Waals surface area contributed by atoms with Crippen LogP contribution in [0.4, 0.5) is 8.78 Å². The van der Waals surface area contributed by atoms with E-state index in [1.807, 2.05) is 0 Å². The van der Waals surface area contributed by atoms with E-state index < -0.39 is 29.1 Å². The van der Waals surface area contributed by atoms with E-state index in [2.05, 4.69) is 6.07 Å². The Morgan fingerprint density at radius 3 is 2.61 bits per heavy atom. The van der Waals surface area contributed by atoms with Crippen LogP contribution < -0.4 is 19.8 Å². The van der Waals surface area contributed by atoms with Crippen molar-refractivity contribution in [2.24, 2.45) is 5.92 Å². The molecule has 5 rings (SSSR count). The number of halogens is 2. The normalized spacial score (nSPS) is 16.7. The number of ether oxygens (including phenoxy) is 3. The summed E-state index contributed by atoms with van der Waals surface area (Å²) in [5.41, 5.74) is 1.11. The average molecular weight is 488 g/mol. The number of para-hydroxylation sites is 1. The molecule has 1 aromatic heterocycles. The van der Waals surface area contributed by atoms with E-state index in [0.717, 1.165) is 12.1 Å². The molecule has 1 N–H and O–H groups in total. The third-order valence-corrected chi connectivity index (χ3v) is 6.03. The Bertz CT molecular complexity index is 1610. The van der Waals surface area contributed by atoms with Crippen LogP contribution in [0.25, 0.3) is 11.0 Å². The van der Waals surface area contributed by atoms with Crippen molar-refractivity contribution in [3.63, 3.8) is 0 Å². The Balaban J connectivity index is 1.64. The quantitative estimate of drug-likeness (QED) is 0.382. The smallest absolute Gasteiger partial charge is 0.380 e. The topological polar surface area (TPSA) is 106 Å². The molecule has 2 unspecified atom stereocenters. The molecule has 9 heteroatoms. The minimum absolute atomic E-state index is 0.123. The van der Waals surface area contributed by atoms with Crippen LogP contribution in [0.3, 0.4) is 0 Å². The number of nitrogens with one attached hydrogen (secondary N) is 1. The Morgan fingerprint density at radius 1 is 1.08 bits per heavy atom. The summed E-state index contributed by atoms with van der Waals surface area (Å²) in [5, 5.41) is 18.8. The Hall–Kier alpha value is -4.71. The third-order valence-electron chi connectivity index (χ3n) is 6.03. The Morgan fingerprint density at radius 2 is 1.86 bits per heavy atom. The number of hydrogen-bond acceptors (Lipinski definition) is 7. The monoisotopic (exact) mass is 488 g/mol. The molecule has 0 saturated heterocycles. The highest BCUT2D eigenvalue weighted by molar-refractivity contribution is 5.91. The summed E-state index contributed by atoms with van der Waals surface area (Å²) in [7, 11) is 1.47. The van der Waals surface area contributed by atoms with Crippen molar-refractivity contribution in [3.05, 3.63) is 99.4 Å². The predicted octanol–water partition coefficient (Wildman–Crippen LogP) is 5.30. The van der Waals surface area contributed by atoms with E-state index in [1.54, 1.807) is 42.5 Å². The largest absolute Gasteiger partial charge is 0.496 e. The van der Waals surface area contributed by atoms with Gasteiger partial charge in [0.1, 0.15) is 29.7 Å². The molecule has 0 aliphatic carbocycles. The van der Waals surface area contributed by atoms with Crippen molar-refractivity contribution in [2.75, 3.05) is 7.11 Å². The zero-order chi connectivity index (χ0) is 25.4. The first kappa shape index (κ1) is 23.1. The van der Waals surface area contributed by atoms with Crippen molar-refractivity contribution >= 4 is 16.9 Å². The van der Waals surface area contributed by atoms with Crippen molar-refractivity contribution in [2.45, 2.75) is 12.5 Å². The fraction of sp³-hybridized carbons (Fsp3) is 0.148. The molecule has 3 aromatic carbocycles. The van der Waals surface area contributed by atoms with E-state index in [9.17, 15) is 18.8 Å². The highest BCUT2D eigenvalue weighted by Gasteiger charge is 2.40. The number of nitriles is 1. The van der Waals surface area contributed by atoms with E-state index in [1.165, 1.54) is 13.2 Å². The molecule has 1 aliphatic heterocycles. The van der Waals surface area contributed by atoms with Gasteiger partial charge in [-0.25, -0.2) is 13.6 Å². The molecule has 2 heterocycles. The molecule has 180 valence electrons. The Kier molecular flexibility index (Phi) is 5.86.